The molecule has 1 spiro atoms. The molecular formula is C18H27NO4. The van der Waals surface area contributed by atoms with Gasteiger partial charge in [-0.2, -0.15) is 0 Å². The zero-order valence-electron chi connectivity index (χ0n) is 14.1. The predicted octanol–water partition coefficient (Wildman–Crippen LogP) is 1.52. The molecule has 0 aromatic heterocycles. The Morgan fingerprint density at radius 1 is 1.35 bits per heavy atom. The van der Waals surface area contributed by atoms with Gasteiger partial charge in [-0.1, -0.05) is 6.92 Å². The first-order chi connectivity index (χ1) is 10.9. The van der Waals surface area contributed by atoms with Gasteiger partial charge in [-0.25, -0.2) is 0 Å². The number of hydrogen-bond acceptors (Lipinski definition) is 5. The fraction of sp³-hybridized carbons (Fsp3) is 0.889. The number of rotatable bonds is 1. The van der Waals surface area contributed by atoms with E-state index < -0.39 is 11.1 Å². The van der Waals surface area contributed by atoms with Crippen LogP contribution in [0.3, 0.4) is 0 Å². The van der Waals surface area contributed by atoms with E-state index in [4.69, 9.17) is 4.74 Å². The van der Waals surface area contributed by atoms with E-state index in [2.05, 4.69) is 11.8 Å². The molecule has 5 nitrogen and oxygen atoms in total. The monoisotopic (exact) mass is 321 g/mol. The largest absolute Gasteiger partial charge is 0.462 e. The fourth-order valence-corrected chi connectivity index (χ4v) is 6.48. The molecule has 1 N–H and O–H groups in total. The molecule has 0 aromatic carbocycles. The fourth-order valence-electron chi connectivity index (χ4n) is 6.48. The first-order valence-electron chi connectivity index (χ1n) is 9.07. The highest BCUT2D eigenvalue weighted by Gasteiger charge is 2.72. The minimum Gasteiger partial charge on any atom is -0.462 e. The summed E-state index contributed by atoms with van der Waals surface area (Å²) < 4.78 is 5.60. The van der Waals surface area contributed by atoms with Gasteiger partial charge in [0.1, 0.15) is 11.9 Å². The minimum absolute atomic E-state index is 0.0430. The number of Topliss-reactive ketones (excluding diaryl/α,β-unsaturated/α-hetero) is 1. The summed E-state index contributed by atoms with van der Waals surface area (Å²) in [6.07, 6.45) is 4.40. The number of hydrogen-bond donors (Lipinski definition) is 1. The lowest BCUT2D eigenvalue weighted by Crippen LogP contribution is -2.82. The van der Waals surface area contributed by atoms with Gasteiger partial charge < -0.3 is 9.84 Å². The average Bonchev–Trinajstić information content (AvgIpc) is 2.48. The molecule has 1 unspecified atom stereocenters. The van der Waals surface area contributed by atoms with Gasteiger partial charge in [-0.15, -0.1) is 0 Å². The van der Waals surface area contributed by atoms with E-state index >= 15 is 0 Å². The van der Waals surface area contributed by atoms with E-state index in [0.717, 1.165) is 45.2 Å². The Balaban J connectivity index is 1.83. The molecule has 2 aliphatic carbocycles. The van der Waals surface area contributed by atoms with Gasteiger partial charge in [0.05, 0.1) is 11.1 Å². The number of carbonyl (C=O) groups excluding carboxylic acids is 2. The summed E-state index contributed by atoms with van der Waals surface area (Å²) in [4.78, 5) is 26.8. The highest BCUT2D eigenvalue weighted by molar-refractivity contribution is 5.85. The molecule has 5 heteroatoms. The second-order valence-corrected chi connectivity index (χ2v) is 8.17. The Kier molecular flexibility index (Phi) is 3.40. The van der Waals surface area contributed by atoms with Gasteiger partial charge >= 0.3 is 5.97 Å². The molecule has 2 bridgehead atoms. The van der Waals surface area contributed by atoms with Crippen LogP contribution >= 0.6 is 0 Å². The molecule has 4 fully saturated rings. The van der Waals surface area contributed by atoms with E-state index in [1.165, 1.54) is 6.92 Å². The number of ketones is 1. The lowest BCUT2D eigenvalue weighted by Gasteiger charge is -2.70. The third kappa shape index (κ3) is 1.86. The van der Waals surface area contributed by atoms with E-state index in [1.54, 1.807) is 0 Å². The average molecular weight is 321 g/mol. The van der Waals surface area contributed by atoms with Gasteiger partial charge in [-0.05, 0) is 51.1 Å². The van der Waals surface area contributed by atoms with Crippen molar-refractivity contribution in [3.8, 4) is 0 Å². The first-order valence-corrected chi connectivity index (χ1v) is 9.07. The summed E-state index contributed by atoms with van der Waals surface area (Å²) >= 11 is 0. The maximum Gasteiger partial charge on any atom is 0.302 e. The van der Waals surface area contributed by atoms with Crippen LogP contribution in [0.25, 0.3) is 0 Å². The summed E-state index contributed by atoms with van der Waals surface area (Å²) in [7, 11) is 0. The molecule has 0 radical (unpaired) electrons. The summed E-state index contributed by atoms with van der Waals surface area (Å²) in [5.41, 5.74) is -1.31. The zero-order valence-corrected chi connectivity index (χ0v) is 14.1. The normalized spacial score (nSPS) is 49.4. The number of piperidine rings is 2. The summed E-state index contributed by atoms with van der Waals surface area (Å²) in [6, 6.07) is 0. The van der Waals surface area contributed by atoms with E-state index in [9.17, 15) is 14.7 Å². The third-order valence-corrected chi connectivity index (χ3v) is 7.11. The molecule has 2 aliphatic heterocycles. The molecule has 2 saturated heterocycles. The number of esters is 1. The summed E-state index contributed by atoms with van der Waals surface area (Å²) in [6.45, 7) is 5.49. The molecular weight excluding hydrogens is 294 g/mol. The highest BCUT2D eigenvalue weighted by atomic mass is 16.5. The second kappa shape index (κ2) is 5.03. The van der Waals surface area contributed by atoms with Gasteiger partial charge in [-0.3, -0.25) is 14.5 Å². The standard InChI is InChI=1S/C18H27NO4/c1-11-10-17-13-5-3-7-19(17)8-4-6-18(17,22)14(9-15(13)21)16(11)23-12(2)20/h11,13-14,16,22H,3-10H2,1-2H3/t11-,13+,14+,16+,17-,18?/m0/s1. The van der Waals surface area contributed by atoms with Crippen molar-refractivity contribution in [2.24, 2.45) is 17.8 Å². The number of nitrogens with zero attached hydrogens (tertiary/aromatic N) is 1. The maximum absolute atomic E-state index is 12.9. The van der Waals surface area contributed by atoms with Crippen LogP contribution < -0.4 is 0 Å². The van der Waals surface area contributed by atoms with Crippen LogP contribution in [-0.4, -0.2) is 52.1 Å². The van der Waals surface area contributed by atoms with Crippen molar-refractivity contribution in [3.63, 3.8) is 0 Å². The molecule has 0 aromatic rings. The van der Waals surface area contributed by atoms with Crippen LogP contribution in [0.4, 0.5) is 0 Å². The quantitative estimate of drug-likeness (QED) is 0.742. The van der Waals surface area contributed by atoms with Crippen molar-refractivity contribution in [1.29, 1.82) is 0 Å². The Morgan fingerprint density at radius 3 is 2.83 bits per heavy atom. The van der Waals surface area contributed by atoms with Crippen LogP contribution in [0.1, 0.15) is 52.4 Å². The SMILES string of the molecule is CC(=O)O[C@H]1[C@H]2CC(=O)[C@H]3CCCN4CCCC2(O)[C@]34C[C@@H]1C. The Labute approximate surface area is 137 Å². The molecule has 6 atom stereocenters. The minimum atomic E-state index is -0.892. The van der Waals surface area contributed by atoms with E-state index in [1.807, 2.05) is 0 Å². The van der Waals surface area contributed by atoms with Gasteiger partial charge in [0.25, 0.3) is 0 Å². The molecule has 23 heavy (non-hydrogen) atoms. The molecule has 2 saturated carbocycles. The van der Waals surface area contributed by atoms with E-state index in [0.29, 0.717) is 6.42 Å². The zero-order chi connectivity index (χ0) is 16.4. The first kappa shape index (κ1) is 15.6. The number of ether oxygens (including phenoxy) is 1. The van der Waals surface area contributed by atoms with Crippen molar-refractivity contribution in [3.05, 3.63) is 0 Å². The molecule has 4 rings (SSSR count). The topological polar surface area (TPSA) is 66.8 Å². The number of carbonyl (C=O) groups is 2. The predicted molar refractivity (Wildman–Crippen MR) is 83.7 cm³/mol. The van der Waals surface area contributed by atoms with Crippen LogP contribution in [-0.2, 0) is 14.3 Å². The van der Waals surface area contributed by atoms with Crippen molar-refractivity contribution in [2.45, 2.75) is 69.6 Å². The summed E-state index contributed by atoms with van der Waals surface area (Å²) in [5, 5.41) is 11.8. The Morgan fingerprint density at radius 2 is 2.09 bits per heavy atom. The van der Waals surface area contributed by atoms with Crippen molar-refractivity contribution < 1.29 is 19.4 Å². The van der Waals surface area contributed by atoms with Gasteiger partial charge in [0, 0.05) is 25.2 Å². The lowest BCUT2D eigenvalue weighted by molar-refractivity contribution is -0.274. The number of aliphatic hydroxyl groups is 1. The lowest BCUT2D eigenvalue weighted by atomic mass is 9.45. The molecule has 4 aliphatic rings. The Bertz CT molecular complexity index is 547. The van der Waals surface area contributed by atoms with Crippen molar-refractivity contribution >= 4 is 11.8 Å². The third-order valence-electron chi connectivity index (χ3n) is 7.11. The van der Waals surface area contributed by atoms with Crippen LogP contribution in [0, 0.1) is 17.8 Å². The van der Waals surface area contributed by atoms with Gasteiger partial charge in [0.2, 0.25) is 0 Å². The van der Waals surface area contributed by atoms with Crippen molar-refractivity contribution in [1.82, 2.24) is 4.90 Å². The molecule has 128 valence electrons. The highest BCUT2D eigenvalue weighted by Crippen LogP contribution is 2.61. The molecule has 0 amide bonds. The van der Waals surface area contributed by atoms with E-state index in [-0.39, 0.29) is 35.6 Å². The second-order valence-electron chi connectivity index (χ2n) is 8.17. The van der Waals surface area contributed by atoms with Crippen molar-refractivity contribution in [2.75, 3.05) is 13.1 Å². The Hall–Kier alpha value is -0.940. The van der Waals surface area contributed by atoms with Crippen LogP contribution in [0.2, 0.25) is 0 Å². The smallest absolute Gasteiger partial charge is 0.302 e. The summed E-state index contributed by atoms with van der Waals surface area (Å²) in [5.74, 6) is -0.153. The van der Waals surface area contributed by atoms with Crippen LogP contribution in [0.5, 0.6) is 0 Å². The van der Waals surface area contributed by atoms with Gasteiger partial charge in [0.15, 0.2) is 0 Å². The van der Waals surface area contributed by atoms with Crippen LogP contribution in [0.15, 0.2) is 0 Å². The molecule has 2 heterocycles. The maximum atomic E-state index is 12.9.